The third-order valence-corrected chi connectivity index (χ3v) is 3.12. The van der Waals surface area contributed by atoms with Crippen LogP contribution >= 0.6 is 23.2 Å². The van der Waals surface area contributed by atoms with Crippen LogP contribution in [0.1, 0.15) is 31.2 Å². The molecular weight excluding hydrogens is 219 g/mol. The molecule has 0 amide bonds. The zero-order chi connectivity index (χ0) is 10.6. The summed E-state index contributed by atoms with van der Waals surface area (Å²) < 4.78 is 0. The maximum Gasteiger partial charge on any atom is 0.0595 e. The summed E-state index contributed by atoms with van der Waals surface area (Å²) in [6.45, 7) is 2.31. The molecule has 0 heterocycles. The molecule has 0 fully saturated rings. The summed E-state index contributed by atoms with van der Waals surface area (Å²) in [5, 5.41) is 10.1. The first-order valence-corrected chi connectivity index (χ1v) is 5.50. The maximum absolute atomic E-state index is 8.89. The fraction of sp³-hybridized carbons (Fsp3) is 0.455. The predicted molar refractivity (Wildman–Crippen MR) is 61.2 cm³/mol. The van der Waals surface area contributed by atoms with Crippen LogP contribution in [0.25, 0.3) is 0 Å². The summed E-state index contributed by atoms with van der Waals surface area (Å²) in [7, 11) is 0. The molecule has 0 aliphatic rings. The lowest BCUT2D eigenvalue weighted by Crippen LogP contribution is -2.00. The molecule has 1 rings (SSSR count). The Balaban J connectivity index is 2.88. The number of halogens is 2. The molecule has 0 radical (unpaired) electrons. The first-order valence-electron chi connectivity index (χ1n) is 4.74. The van der Waals surface area contributed by atoms with Gasteiger partial charge < -0.3 is 5.11 Å². The SMILES string of the molecule is CCC(CCO)c1ccc(Cl)c(Cl)c1. The third kappa shape index (κ3) is 2.88. The standard InChI is InChI=1S/C11H14Cl2O/c1-2-8(5-6-14)9-3-4-10(12)11(13)7-9/h3-4,7-8,14H,2,5-6H2,1H3. The van der Waals surface area contributed by atoms with Crippen LogP contribution in [-0.2, 0) is 0 Å². The molecule has 3 heteroatoms. The Hall–Kier alpha value is -0.240. The summed E-state index contributed by atoms with van der Waals surface area (Å²) in [6, 6.07) is 5.66. The van der Waals surface area contributed by atoms with E-state index in [0.29, 0.717) is 16.0 Å². The van der Waals surface area contributed by atoms with Gasteiger partial charge in [0.15, 0.2) is 0 Å². The molecule has 14 heavy (non-hydrogen) atoms. The van der Waals surface area contributed by atoms with Gasteiger partial charge >= 0.3 is 0 Å². The lowest BCUT2D eigenvalue weighted by molar-refractivity contribution is 0.274. The second kappa shape index (κ2) is 5.59. The van der Waals surface area contributed by atoms with Crippen LogP contribution < -0.4 is 0 Å². The first-order chi connectivity index (χ1) is 6.69. The first kappa shape index (κ1) is 11.8. The van der Waals surface area contributed by atoms with Gasteiger partial charge in [0.2, 0.25) is 0 Å². The second-order valence-electron chi connectivity index (χ2n) is 3.29. The van der Waals surface area contributed by atoms with Crippen molar-refractivity contribution in [3.05, 3.63) is 33.8 Å². The molecule has 1 aromatic carbocycles. The molecule has 0 saturated heterocycles. The van der Waals surface area contributed by atoms with E-state index >= 15 is 0 Å². The minimum absolute atomic E-state index is 0.207. The summed E-state index contributed by atoms with van der Waals surface area (Å²) in [5.41, 5.74) is 1.15. The lowest BCUT2D eigenvalue weighted by Gasteiger charge is -2.14. The van der Waals surface area contributed by atoms with Crippen molar-refractivity contribution in [2.24, 2.45) is 0 Å². The van der Waals surface area contributed by atoms with E-state index in [0.717, 1.165) is 18.4 Å². The fourth-order valence-corrected chi connectivity index (χ4v) is 1.84. The topological polar surface area (TPSA) is 20.2 Å². The van der Waals surface area contributed by atoms with Crippen molar-refractivity contribution in [2.75, 3.05) is 6.61 Å². The highest BCUT2D eigenvalue weighted by Gasteiger charge is 2.09. The molecule has 0 aliphatic heterocycles. The number of benzene rings is 1. The van der Waals surface area contributed by atoms with Crippen molar-refractivity contribution < 1.29 is 5.11 Å². The third-order valence-electron chi connectivity index (χ3n) is 2.39. The van der Waals surface area contributed by atoms with E-state index < -0.39 is 0 Å². The molecular formula is C11H14Cl2O. The van der Waals surface area contributed by atoms with Gasteiger partial charge in [-0.05, 0) is 36.5 Å². The van der Waals surface area contributed by atoms with Gasteiger partial charge in [-0.2, -0.15) is 0 Å². The van der Waals surface area contributed by atoms with Crippen LogP contribution in [0.3, 0.4) is 0 Å². The van der Waals surface area contributed by atoms with Crippen molar-refractivity contribution in [2.45, 2.75) is 25.7 Å². The van der Waals surface area contributed by atoms with Crippen molar-refractivity contribution in [3.8, 4) is 0 Å². The minimum atomic E-state index is 0.207. The fourth-order valence-electron chi connectivity index (χ4n) is 1.53. The number of aliphatic hydroxyl groups is 1. The van der Waals surface area contributed by atoms with Crippen LogP contribution in [0, 0.1) is 0 Å². The monoisotopic (exact) mass is 232 g/mol. The van der Waals surface area contributed by atoms with Gasteiger partial charge in [0.05, 0.1) is 10.0 Å². The smallest absolute Gasteiger partial charge is 0.0595 e. The van der Waals surface area contributed by atoms with Crippen LogP contribution in [-0.4, -0.2) is 11.7 Å². The normalized spacial score (nSPS) is 12.9. The van der Waals surface area contributed by atoms with Crippen molar-refractivity contribution in [1.82, 2.24) is 0 Å². The molecule has 0 bridgehead atoms. The molecule has 1 aromatic rings. The summed E-state index contributed by atoms with van der Waals surface area (Å²) in [5.74, 6) is 0.370. The Morgan fingerprint density at radius 2 is 2.00 bits per heavy atom. The number of hydrogen-bond acceptors (Lipinski definition) is 1. The average Bonchev–Trinajstić information content (AvgIpc) is 2.19. The lowest BCUT2D eigenvalue weighted by atomic mass is 9.94. The Morgan fingerprint density at radius 1 is 1.29 bits per heavy atom. The minimum Gasteiger partial charge on any atom is -0.396 e. The highest BCUT2D eigenvalue weighted by molar-refractivity contribution is 6.42. The number of hydrogen-bond donors (Lipinski definition) is 1. The average molecular weight is 233 g/mol. The predicted octanol–water partition coefficient (Wildman–Crippen LogP) is 3.87. The van der Waals surface area contributed by atoms with Gasteiger partial charge in [-0.1, -0.05) is 36.2 Å². The summed E-state index contributed by atoms with van der Waals surface area (Å²) >= 11 is 11.7. The second-order valence-corrected chi connectivity index (χ2v) is 4.11. The van der Waals surface area contributed by atoms with Crippen LogP contribution in [0.15, 0.2) is 18.2 Å². The zero-order valence-corrected chi connectivity index (χ0v) is 9.65. The van der Waals surface area contributed by atoms with E-state index in [2.05, 4.69) is 6.92 Å². The molecule has 78 valence electrons. The molecule has 1 atom stereocenters. The molecule has 0 saturated carbocycles. The highest BCUT2D eigenvalue weighted by atomic mass is 35.5. The maximum atomic E-state index is 8.89. The van der Waals surface area contributed by atoms with Gasteiger partial charge in [-0.15, -0.1) is 0 Å². The van der Waals surface area contributed by atoms with Crippen LogP contribution in [0.5, 0.6) is 0 Å². The Labute approximate surface area is 94.7 Å². The number of aliphatic hydroxyl groups excluding tert-OH is 1. The van der Waals surface area contributed by atoms with Crippen molar-refractivity contribution >= 4 is 23.2 Å². The summed E-state index contributed by atoms with van der Waals surface area (Å²) in [4.78, 5) is 0. The van der Waals surface area contributed by atoms with E-state index in [-0.39, 0.29) is 6.61 Å². The van der Waals surface area contributed by atoms with Crippen LogP contribution in [0.4, 0.5) is 0 Å². The Morgan fingerprint density at radius 3 is 2.50 bits per heavy atom. The van der Waals surface area contributed by atoms with E-state index in [9.17, 15) is 0 Å². The van der Waals surface area contributed by atoms with Gasteiger partial charge in [0.25, 0.3) is 0 Å². The van der Waals surface area contributed by atoms with Crippen molar-refractivity contribution in [3.63, 3.8) is 0 Å². The molecule has 0 aliphatic carbocycles. The van der Waals surface area contributed by atoms with Gasteiger partial charge in [-0.3, -0.25) is 0 Å². The van der Waals surface area contributed by atoms with Gasteiger partial charge in [-0.25, -0.2) is 0 Å². The zero-order valence-electron chi connectivity index (χ0n) is 8.13. The van der Waals surface area contributed by atoms with Gasteiger partial charge in [0.1, 0.15) is 0 Å². The Bertz CT molecular complexity index is 299. The van der Waals surface area contributed by atoms with E-state index in [1.54, 1.807) is 6.07 Å². The van der Waals surface area contributed by atoms with E-state index in [4.69, 9.17) is 28.3 Å². The quantitative estimate of drug-likeness (QED) is 0.836. The van der Waals surface area contributed by atoms with E-state index in [1.165, 1.54) is 0 Å². The molecule has 0 spiro atoms. The summed E-state index contributed by atoms with van der Waals surface area (Å²) in [6.07, 6.45) is 1.77. The largest absolute Gasteiger partial charge is 0.396 e. The van der Waals surface area contributed by atoms with Gasteiger partial charge in [0, 0.05) is 6.61 Å². The molecule has 1 nitrogen and oxygen atoms in total. The van der Waals surface area contributed by atoms with Crippen molar-refractivity contribution in [1.29, 1.82) is 0 Å². The molecule has 1 unspecified atom stereocenters. The molecule has 1 N–H and O–H groups in total. The Kier molecular flexibility index (Phi) is 4.73. The highest BCUT2D eigenvalue weighted by Crippen LogP contribution is 2.29. The molecule has 0 aromatic heterocycles. The number of rotatable bonds is 4. The van der Waals surface area contributed by atoms with E-state index in [1.807, 2.05) is 12.1 Å². The van der Waals surface area contributed by atoms with Crippen LogP contribution in [0.2, 0.25) is 10.0 Å².